The highest BCUT2D eigenvalue weighted by molar-refractivity contribution is 6.32. The van der Waals surface area contributed by atoms with Crippen LogP contribution in [0.2, 0.25) is 0 Å². The van der Waals surface area contributed by atoms with Gasteiger partial charge in [0.15, 0.2) is 11.5 Å². The van der Waals surface area contributed by atoms with Crippen LogP contribution in [-0.2, 0) is 4.79 Å². The summed E-state index contributed by atoms with van der Waals surface area (Å²) in [5.41, 5.74) is 2.54. The SMILES string of the molecule is COc1ccc(/C=C2/C(=O)N(c3ccc4ccccc4c3)N=C2C)cc1O. The van der Waals surface area contributed by atoms with Gasteiger partial charge in [-0.2, -0.15) is 10.1 Å². The number of methoxy groups -OCH3 is 1. The molecule has 0 unspecified atom stereocenters. The lowest BCUT2D eigenvalue weighted by Crippen LogP contribution is -2.21. The standard InChI is InChI=1S/C22H18N2O3/c1-14-19(11-15-7-10-21(27-2)20(25)12-15)22(26)24(23-14)18-9-8-16-5-3-4-6-17(16)13-18/h3-13,25H,1-2H3/b19-11+. The number of ether oxygens (including phenoxy) is 1. The second-order valence-electron chi connectivity index (χ2n) is 6.32. The topological polar surface area (TPSA) is 62.1 Å². The van der Waals surface area contributed by atoms with Crippen molar-refractivity contribution in [3.05, 3.63) is 71.8 Å². The second-order valence-corrected chi connectivity index (χ2v) is 6.32. The van der Waals surface area contributed by atoms with Gasteiger partial charge in [-0.1, -0.05) is 36.4 Å². The van der Waals surface area contributed by atoms with E-state index < -0.39 is 0 Å². The van der Waals surface area contributed by atoms with Crippen molar-refractivity contribution in [2.75, 3.05) is 12.1 Å². The predicted molar refractivity (Wildman–Crippen MR) is 107 cm³/mol. The first-order valence-electron chi connectivity index (χ1n) is 8.54. The zero-order valence-corrected chi connectivity index (χ0v) is 15.0. The van der Waals surface area contributed by atoms with Crippen molar-refractivity contribution in [1.29, 1.82) is 0 Å². The molecule has 0 bridgehead atoms. The number of hydrazone groups is 1. The third-order valence-electron chi connectivity index (χ3n) is 4.55. The molecule has 5 nitrogen and oxygen atoms in total. The summed E-state index contributed by atoms with van der Waals surface area (Å²) in [5, 5.41) is 17.9. The smallest absolute Gasteiger partial charge is 0.280 e. The van der Waals surface area contributed by atoms with E-state index in [1.807, 2.05) is 42.5 Å². The number of benzene rings is 3. The molecule has 134 valence electrons. The molecule has 27 heavy (non-hydrogen) atoms. The molecule has 0 fully saturated rings. The number of anilines is 1. The molecule has 1 heterocycles. The molecule has 0 atom stereocenters. The van der Waals surface area contributed by atoms with E-state index in [9.17, 15) is 9.90 Å². The first kappa shape index (κ1) is 16.8. The molecule has 1 aliphatic heterocycles. The molecular formula is C22H18N2O3. The largest absolute Gasteiger partial charge is 0.504 e. The number of aromatic hydroxyl groups is 1. The Morgan fingerprint density at radius 3 is 2.56 bits per heavy atom. The van der Waals surface area contributed by atoms with Crippen molar-refractivity contribution in [1.82, 2.24) is 0 Å². The zero-order chi connectivity index (χ0) is 19.0. The summed E-state index contributed by atoms with van der Waals surface area (Å²) < 4.78 is 5.05. The van der Waals surface area contributed by atoms with Crippen molar-refractivity contribution in [3.8, 4) is 11.5 Å². The molecular weight excluding hydrogens is 340 g/mol. The minimum Gasteiger partial charge on any atom is -0.504 e. The van der Waals surface area contributed by atoms with Crippen LogP contribution >= 0.6 is 0 Å². The minimum absolute atomic E-state index is 0.0262. The predicted octanol–water partition coefficient (Wildman–Crippen LogP) is 4.36. The van der Waals surface area contributed by atoms with Gasteiger partial charge in [0.05, 0.1) is 24.1 Å². The summed E-state index contributed by atoms with van der Waals surface area (Å²) in [6, 6.07) is 18.8. The Kier molecular flexibility index (Phi) is 4.12. The van der Waals surface area contributed by atoms with Crippen LogP contribution in [0.5, 0.6) is 11.5 Å². The molecule has 0 aromatic heterocycles. The van der Waals surface area contributed by atoms with Gasteiger partial charge in [0, 0.05) is 0 Å². The van der Waals surface area contributed by atoms with E-state index >= 15 is 0 Å². The molecule has 5 heteroatoms. The number of phenolic OH excluding ortho intramolecular Hbond substituents is 1. The first-order valence-corrected chi connectivity index (χ1v) is 8.54. The molecule has 0 saturated carbocycles. The van der Waals surface area contributed by atoms with Crippen molar-refractivity contribution >= 4 is 34.2 Å². The Hall–Kier alpha value is -3.60. The monoisotopic (exact) mass is 358 g/mol. The van der Waals surface area contributed by atoms with E-state index in [1.54, 1.807) is 31.2 Å². The lowest BCUT2D eigenvalue weighted by molar-refractivity contribution is -0.114. The van der Waals surface area contributed by atoms with Gasteiger partial charge < -0.3 is 9.84 Å². The Morgan fingerprint density at radius 1 is 1.04 bits per heavy atom. The van der Waals surface area contributed by atoms with E-state index in [0.717, 1.165) is 16.5 Å². The van der Waals surface area contributed by atoms with Gasteiger partial charge in [-0.15, -0.1) is 0 Å². The minimum atomic E-state index is -0.196. The average Bonchev–Trinajstić information content (AvgIpc) is 2.96. The summed E-state index contributed by atoms with van der Waals surface area (Å²) in [6.45, 7) is 1.80. The molecule has 0 saturated heterocycles. The Balaban J connectivity index is 1.68. The zero-order valence-electron chi connectivity index (χ0n) is 15.0. The van der Waals surface area contributed by atoms with Gasteiger partial charge in [-0.25, -0.2) is 0 Å². The van der Waals surface area contributed by atoms with E-state index in [0.29, 0.717) is 22.6 Å². The quantitative estimate of drug-likeness (QED) is 0.708. The fourth-order valence-electron chi connectivity index (χ4n) is 3.13. The van der Waals surface area contributed by atoms with Crippen molar-refractivity contribution < 1.29 is 14.6 Å². The van der Waals surface area contributed by atoms with E-state index in [4.69, 9.17) is 4.74 Å². The maximum atomic E-state index is 12.9. The highest BCUT2D eigenvalue weighted by atomic mass is 16.5. The number of carbonyl (C=O) groups excluding carboxylic acids is 1. The number of nitrogens with zero attached hydrogens (tertiary/aromatic N) is 2. The maximum absolute atomic E-state index is 12.9. The fraction of sp³-hybridized carbons (Fsp3) is 0.0909. The second kappa shape index (κ2) is 6.61. The van der Waals surface area contributed by atoms with E-state index in [-0.39, 0.29) is 11.7 Å². The number of phenols is 1. The Morgan fingerprint density at radius 2 is 1.81 bits per heavy atom. The van der Waals surface area contributed by atoms with Gasteiger partial charge in [0.1, 0.15) is 0 Å². The van der Waals surface area contributed by atoms with Crippen LogP contribution in [0.1, 0.15) is 12.5 Å². The number of hydrogen-bond acceptors (Lipinski definition) is 4. The molecule has 3 aromatic carbocycles. The Labute approximate surface area is 156 Å². The van der Waals surface area contributed by atoms with Gasteiger partial charge in [-0.05, 0) is 53.6 Å². The summed E-state index contributed by atoms with van der Waals surface area (Å²) in [4.78, 5) is 12.9. The fourth-order valence-corrected chi connectivity index (χ4v) is 3.13. The number of amides is 1. The summed E-state index contributed by atoms with van der Waals surface area (Å²) in [6.07, 6.45) is 1.72. The highest BCUT2D eigenvalue weighted by Crippen LogP contribution is 2.30. The molecule has 1 aliphatic rings. The van der Waals surface area contributed by atoms with Crippen molar-refractivity contribution in [2.45, 2.75) is 6.92 Å². The number of rotatable bonds is 3. The summed E-state index contributed by atoms with van der Waals surface area (Å²) in [7, 11) is 1.49. The molecule has 0 aliphatic carbocycles. The van der Waals surface area contributed by atoms with Crippen LogP contribution in [0.25, 0.3) is 16.8 Å². The Bertz CT molecular complexity index is 1120. The third-order valence-corrected chi connectivity index (χ3v) is 4.55. The third kappa shape index (κ3) is 3.04. The van der Waals surface area contributed by atoms with Crippen molar-refractivity contribution in [2.24, 2.45) is 5.10 Å². The van der Waals surface area contributed by atoms with Crippen LogP contribution < -0.4 is 9.75 Å². The summed E-state index contributed by atoms with van der Waals surface area (Å²) >= 11 is 0. The lowest BCUT2D eigenvalue weighted by atomic mass is 10.1. The van der Waals surface area contributed by atoms with Crippen LogP contribution in [0.15, 0.2) is 71.3 Å². The van der Waals surface area contributed by atoms with E-state index in [1.165, 1.54) is 12.1 Å². The van der Waals surface area contributed by atoms with Gasteiger partial charge in [-0.3, -0.25) is 4.79 Å². The van der Waals surface area contributed by atoms with E-state index in [2.05, 4.69) is 5.10 Å². The molecule has 3 aromatic rings. The van der Waals surface area contributed by atoms with Crippen molar-refractivity contribution in [3.63, 3.8) is 0 Å². The number of fused-ring (bicyclic) bond motifs is 1. The average molecular weight is 358 g/mol. The van der Waals surface area contributed by atoms with Crippen LogP contribution in [0.4, 0.5) is 5.69 Å². The number of hydrogen-bond donors (Lipinski definition) is 1. The highest BCUT2D eigenvalue weighted by Gasteiger charge is 2.28. The molecule has 0 radical (unpaired) electrons. The normalized spacial score (nSPS) is 15.5. The first-order chi connectivity index (χ1) is 13.1. The molecule has 1 amide bonds. The lowest BCUT2D eigenvalue weighted by Gasteiger charge is -2.12. The maximum Gasteiger partial charge on any atom is 0.280 e. The van der Waals surface area contributed by atoms with Crippen LogP contribution in [0, 0.1) is 0 Å². The molecule has 4 rings (SSSR count). The molecule has 0 spiro atoms. The van der Waals surface area contributed by atoms with Gasteiger partial charge in [0.2, 0.25) is 0 Å². The molecule has 1 N–H and O–H groups in total. The van der Waals surface area contributed by atoms with Crippen LogP contribution in [0.3, 0.4) is 0 Å². The number of carbonyl (C=O) groups is 1. The van der Waals surface area contributed by atoms with Gasteiger partial charge in [0.25, 0.3) is 5.91 Å². The summed E-state index contributed by atoms with van der Waals surface area (Å²) in [5.74, 6) is 0.217. The van der Waals surface area contributed by atoms with Gasteiger partial charge >= 0.3 is 0 Å². The van der Waals surface area contributed by atoms with Crippen LogP contribution in [-0.4, -0.2) is 23.8 Å².